The summed E-state index contributed by atoms with van der Waals surface area (Å²) in [6.45, 7) is -0.293. The van der Waals surface area contributed by atoms with Crippen molar-refractivity contribution in [2.24, 2.45) is 0 Å². The fourth-order valence-electron chi connectivity index (χ4n) is 2.83. The molecule has 0 aliphatic carbocycles. The van der Waals surface area contributed by atoms with E-state index in [2.05, 4.69) is 26.2 Å². The van der Waals surface area contributed by atoms with Crippen LogP contribution in [-0.2, 0) is 9.59 Å². The molecule has 0 bridgehead atoms. The molecular formula is C21H15BrFN3O4. The number of hydrogen-bond acceptors (Lipinski definition) is 5. The topological polar surface area (TPSA) is 80.8 Å². The molecular weight excluding hydrogens is 457 g/mol. The minimum atomic E-state index is -0.381. The van der Waals surface area contributed by atoms with E-state index in [9.17, 15) is 14.0 Å². The van der Waals surface area contributed by atoms with E-state index in [1.807, 2.05) is 0 Å². The van der Waals surface area contributed by atoms with Crippen LogP contribution in [0.25, 0.3) is 0 Å². The van der Waals surface area contributed by atoms with Crippen molar-refractivity contribution in [1.29, 1.82) is 0 Å². The van der Waals surface area contributed by atoms with Gasteiger partial charge in [-0.1, -0.05) is 15.9 Å². The Kier molecular flexibility index (Phi) is 5.62. The molecule has 1 N–H and O–H groups in total. The molecule has 152 valence electrons. The smallest absolute Gasteiger partial charge is 0.265 e. The third-order valence-corrected chi connectivity index (χ3v) is 4.72. The number of nitrogens with zero attached hydrogens (tertiary/aromatic N) is 2. The fourth-order valence-corrected chi connectivity index (χ4v) is 3.17. The quantitative estimate of drug-likeness (QED) is 0.604. The zero-order chi connectivity index (χ0) is 21.1. The summed E-state index contributed by atoms with van der Waals surface area (Å²) in [6.07, 6.45) is 1.43. The lowest BCUT2D eigenvalue weighted by Gasteiger charge is -2.28. The van der Waals surface area contributed by atoms with Crippen LogP contribution < -0.4 is 19.7 Å². The number of carbonyl (C=O) groups is 2. The van der Waals surface area contributed by atoms with E-state index in [1.54, 1.807) is 30.3 Å². The summed E-state index contributed by atoms with van der Waals surface area (Å²) in [5.41, 5.74) is 0.981. The number of hydrogen-bond donors (Lipinski definition) is 1. The number of nitrogens with one attached hydrogen (secondary N) is 1. The number of fused-ring (bicyclic) bond motifs is 1. The minimum Gasteiger partial charge on any atom is -0.482 e. The van der Waals surface area contributed by atoms with Gasteiger partial charge >= 0.3 is 0 Å². The standard InChI is InChI=1S/C21H15BrFN3O4/c22-13-1-7-17-18(9-13)29-12-21(28)26(17)11-19(27)25-15-4-8-20(24-10-15)30-16-5-2-14(23)3-6-16/h1-10H,11-12H2,(H,25,27). The highest BCUT2D eigenvalue weighted by molar-refractivity contribution is 9.10. The average molecular weight is 472 g/mol. The molecule has 1 aliphatic heterocycles. The molecule has 0 radical (unpaired) electrons. The maximum atomic E-state index is 12.9. The van der Waals surface area contributed by atoms with Crippen LogP contribution in [-0.4, -0.2) is 29.9 Å². The number of amides is 2. The highest BCUT2D eigenvalue weighted by atomic mass is 79.9. The zero-order valence-corrected chi connectivity index (χ0v) is 17.1. The second kappa shape index (κ2) is 8.50. The fraction of sp³-hybridized carbons (Fsp3) is 0.0952. The molecule has 2 amide bonds. The van der Waals surface area contributed by atoms with Gasteiger partial charge in [0.05, 0.1) is 17.6 Å². The van der Waals surface area contributed by atoms with Gasteiger partial charge in [0.25, 0.3) is 5.91 Å². The first kappa shape index (κ1) is 19.8. The Morgan fingerprint density at radius 1 is 1.20 bits per heavy atom. The van der Waals surface area contributed by atoms with Crippen molar-refractivity contribution in [1.82, 2.24) is 4.98 Å². The van der Waals surface area contributed by atoms with Gasteiger partial charge in [0.2, 0.25) is 11.8 Å². The van der Waals surface area contributed by atoms with Crippen molar-refractivity contribution in [3.63, 3.8) is 0 Å². The van der Waals surface area contributed by atoms with Gasteiger partial charge in [-0.05, 0) is 48.5 Å². The molecule has 0 saturated heterocycles. The van der Waals surface area contributed by atoms with Crippen LogP contribution >= 0.6 is 15.9 Å². The predicted molar refractivity (Wildman–Crippen MR) is 111 cm³/mol. The number of pyridine rings is 1. The van der Waals surface area contributed by atoms with Crippen LogP contribution in [0.2, 0.25) is 0 Å². The maximum Gasteiger partial charge on any atom is 0.265 e. The van der Waals surface area contributed by atoms with E-state index in [1.165, 1.54) is 35.4 Å². The number of halogens is 2. The van der Waals surface area contributed by atoms with Gasteiger partial charge in [0.1, 0.15) is 23.9 Å². The Bertz CT molecular complexity index is 1090. The van der Waals surface area contributed by atoms with E-state index in [4.69, 9.17) is 9.47 Å². The lowest BCUT2D eigenvalue weighted by atomic mass is 10.2. The summed E-state index contributed by atoms with van der Waals surface area (Å²) in [5.74, 6) is 0.219. The second-order valence-corrected chi connectivity index (χ2v) is 7.29. The molecule has 0 unspecified atom stereocenters. The minimum absolute atomic E-state index is 0.131. The number of anilines is 2. The Hall–Kier alpha value is -3.46. The molecule has 0 atom stereocenters. The average Bonchev–Trinajstić information content (AvgIpc) is 2.73. The van der Waals surface area contributed by atoms with Crippen molar-refractivity contribution in [2.75, 3.05) is 23.4 Å². The van der Waals surface area contributed by atoms with Gasteiger partial charge in [-0.2, -0.15) is 0 Å². The van der Waals surface area contributed by atoms with Crippen LogP contribution in [0.15, 0.2) is 65.3 Å². The van der Waals surface area contributed by atoms with Crippen molar-refractivity contribution in [3.05, 3.63) is 71.1 Å². The van der Waals surface area contributed by atoms with Crippen LogP contribution in [0.1, 0.15) is 0 Å². The van der Waals surface area contributed by atoms with Gasteiger partial charge in [-0.25, -0.2) is 9.37 Å². The molecule has 4 rings (SSSR count). The molecule has 3 aromatic rings. The van der Waals surface area contributed by atoms with Gasteiger partial charge in [0, 0.05) is 10.5 Å². The van der Waals surface area contributed by atoms with Crippen molar-refractivity contribution in [2.45, 2.75) is 0 Å². The summed E-state index contributed by atoms with van der Waals surface area (Å²) in [7, 11) is 0. The van der Waals surface area contributed by atoms with Crippen LogP contribution in [0.3, 0.4) is 0 Å². The zero-order valence-electron chi connectivity index (χ0n) is 15.5. The summed E-state index contributed by atoms with van der Waals surface area (Å²) >= 11 is 3.35. The first-order valence-electron chi connectivity index (χ1n) is 8.90. The third kappa shape index (κ3) is 4.57. The van der Waals surface area contributed by atoms with Crippen molar-refractivity contribution >= 4 is 39.1 Å². The predicted octanol–water partition coefficient (Wildman–Crippen LogP) is 4.14. The van der Waals surface area contributed by atoms with Crippen molar-refractivity contribution < 1.29 is 23.5 Å². The van der Waals surface area contributed by atoms with Gasteiger partial charge < -0.3 is 14.8 Å². The number of aromatic nitrogens is 1. The SMILES string of the molecule is O=C(CN1C(=O)COc2cc(Br)ccc21)Nc1ccc(Oc2ccc(F)cc2)nc1. The third-order valence-electron chi connectivity index (χ3n) is 4.22. The van der Waals surface area contributed by atoms with Gasteiger partial charge in [-0.3, -0.25) is 14.5 Å². The number of carbonyl (C=O) groups excluding carboxylic acids is 2. The largest absolute Gasteiger partial charge is 0.482 e. The first-order chi connectivity index (χ1) is 14.5. The van der Waals surface area contributed by atoms with Crippen LogP contribution in [0.5, 0.6) is 17.4 Å². The Morgan fingerprint density at radius 3 is 2.73 bits per heavy atom. The Balaban J connectivity index is 1.39. The van der Waals surface area contributed by atoms with Gasteiger partial charge in [-0.15, -0.1) is 0 Å². The van der Waals surface area contributed by atoms with Crippen molar-refractivity contribution in [3.8, 4) is 17.4 Å². The van der Waals surface area contributed by atoms with E-state index in [0.717, 1.165) is 4.47 Å². The summed E-state index contributed by atoms with van der Waals surface area (Å²) < 4.78 is 24.7. The highest BCUT2D eigenvalue weighted by Crippen LogP contribution is 2.34. The number of benzene rings is 2. The Labute approximate surface area is 179 Å². The van der Waals surface area contributed by atoms with E-state index >= 15 is 0 Å². The van der Waals surface area contributed by atoms with Crippen LogP contribution in [0.4, 0.5) is 15.8 Å². The molecule has 1 aromatic heterocycles. The molecule has 0 fully saturated rings. The lowest BCUT2D eigenvalue weighted by Crippen LogP contribution is -2.43. The monoisotopic (exact) mass is 471 g/mol. The number of rotatable bonds is 5. The second-order valence-electron chi connectivity index (χ2n) is 6.37. The summed E-state index contributed by atoms with van der Waals surface area (Å²) in [6, 6.07) is 14.0. The van der Waals surface area contributed by atoms with E-state index in [-0.39, 0.29) is 30.8 Å². The lowest BCUT2D eigenvalue weighted by molar-refractivity contribution is -0.123. The molecule has 2 aromatic carbocycles. The van der Waals surface area contributed by atoms with E-state index < -0.39 is 0 Å². The van der Waals surface area contributed by atoms with E-state index in [0.29, 0.717) is 28.8 Å². The van der Waals surface area contributed by atoms with Crippen LogP contribution in [0, 0.1) is 5.82 Å². The Morgan fingerprint density at radius 2 is 2.00 bits per heavy atom. The summed E-state index contributed by atoms with van der Waals surface area (Å²) in [4.78, 5) is 30.2. The number of ether oxygens (including phenoxy) is 2. The molecule has 0 spiro atoms. The molecule has 9 heteroatoms. The highest BCUT2D eigenvalue weighted by Gasteiger charge is 2.27. The molecule has 1 aliphatic rings. The van der Waals surface area contributed by atoms with Gasteiger partial charge in [0.15, 0.2) is 6.61 Å². The molecule has 0 saturated carbocycles. The summed E-state index contributed by atoms with van der Waals surface area (Å²) in [5, 5.41) is 2.70. The molecule has 30 heavy (non-hydrogen) atoms. The maximum absolute atomic E-state index is 12.9. The first-order valence-corrected chi connectivity index (χ1v) is 9.69. The normalized spacial score (nSPS) is 12.7. The molecule has 2 heterocycles. The molecule has 7 nitrogen and oxygen atoms in total.